The molecule has 138 valence electrons. The summed E-state index contributed by atoms with van der Waals surface area (Å²) in [5.41, 5.74) is 7.71. The largest absolute Gasteiger partial charge is 0.367 e. The Bertz CT molecular complexity index is 971. The second-order valence-electron chi connectivity index (χ2n) is 6.61. The van der Waals surface area contributed by atoms with E-state index in [2.05, 4.69) is 15.2 Å². The first kappa shape index (κ1) is 18.5. The summed E-state index contributed by atoms with van der Waals surface area (Å²) in [6.45, 7) is 1.53. The van der Waals surface area contributed by atoms with Crippen molar-refractivity contribution in [1.82, 2.24) is 10.3 Å². The van der Waals surface area contributed by atoms with Gasteiger partial charge < -0.3 is 20.9 Å². The Morgan fingerprint density at radius 1 is 1.38 bits per heavy atom. The molecule has 1 aromatic heterocycles. The fraction of sp³-hybridized carbons (Fsp3) is 0.316. The molecule has 0 spiro atoms. The third-order valence-corrected chi connectivity index (χ3v) is 5.12. The average molecular weight is 377 g/mol. The minimum atomic E-state index is -0.631. The number of hydrogen-bond acceptors (Lipinski definition) is 3. The number of amides is 1. The van der Waals surface area contributed by atoms with E-state index in [0.717, 1.165) is 42.2 Å². The van der Waals surface area contributed by atoms with Gasteiger partial charge in [-0.1, -0.05) is 18.2 Å². The van der Waals surface area contributed by atoms with Crippen molar-refractivity contribution in [1.29, 1.82) is 0 Å². The molecule has 2 heterocycles. The SMILES string of the molecule is CN[C@H]1CCCN(c2c(F)cc(C(N)=O)c3[nH]c4ccccc4c23)C1.Cl. The summed E-state index contributed by atoms with van der Waals surface area (Å²) in [6, 6.07) is 9.29. The number of nitrogens with one attached hydrogen (secondary N) is 2. The number of piperidine rings is 1. The second kappa shape index (κ2) is 7.13. The van der Waals surface area contributed by atoms with E-state index in [9.17, 15) is 4.79 Å². The summed E-state index contributed by atoms with van der Waals surface area (Å²) in [5, 5.41) is 4.93. The highest BCUT2D eigenvalue weighted by Gasteiger charge is 2.26. The van der Waals surface area contributed by atoms with Crippen LogP contribution in [-0.4, -0.2) is 37.1 Å². The molecule has 1 aliphatic heterocycles. The minimum Gasteiger partial charge on any atom is -0.367 e. The fourth-order valence-corrected chi connectivity index (χ4v) is 3.90. The Hall–Kier alpha value is -2.31. The predicted molar refractivity (Wildman–Crippen MR) is 106 cm³/mol. The highest BCUT2D eigenvalue weighted by molar-refractivity contribution is 6.19. The number of fused-ring (bicyclic) bond motifs is 3. The third kappa shape index (κ3) is 2.89. The van der Waals surface area contributed by atoms with Crippen molar-refractivity contribution in [2.75, 3.05) is 25.0 Å². The molecule has 0 saturated carbocycles. The summed E-state index contributed by atoms with van der Waals surface area (Å²) in [4.78, 5) is 17.2. The monoisotopic (exact) mass is 376 g/mol. The highest BCUT2D eigenvalue weighted by atomic mass is 35.5. The Morgan fingerprint density at radius 3 is 2.88 bits per heavy atom. The quantitative estimate of drug-likeness (QED) is 0.657. The number of nitrogens with zero attached hydrogens (tertiary/aromatic N) is 1. The van der Waals surface area contributed by atoms with Crippen LogP contribution in [0.25, 0.3) is 21.8 Å². The lowest BCUT2D eigenvalue weighted by atomic mass is 10.0. The molecule has 3 aromatic rings. The van der Waals surface area contributed by atoms with Crippen LogP contribution in [-0.2, 0) is 0 Å². The minimum absolute atomic E-state index is 0. The van der Waals surface area contributed by atoms with E-state index < -0.39 is 11.7 Å². The average Bonchev–Trinajstić information content (AvgIpc) is 3.00. The van der Waals surface area contributed by atoms with Crippen molar-refractivity contribution in [2.24, 2.45) is 5.73 Å². The van der Waals surface area contributed by atoms with Crippen LogP contribution in [0.15, 0.2) is 30.3 Å². The molecule has 7 heteroatoms. The first-order valence-corrected chi connectivity index (χ1v) is 8.55. The van der Waals surface area contributed by atoms with Gasteiger partial charge in [-0.15, -0.1) is 12.4 Å². The molecule has 1 amide bonds. The lowest BCUT2D eigenvalue weighted by Gasteiger charge is -2.35. The number of H-pyrrole nitrogens is 1. The number of hydrogen-bond donors (Lipinski definition) is 3. The summed E-state index contributed by atoms with van der Waals surface area (Å²) < 4.78 is 15.1. The molecular weight excluding hydrogens is 355 g/mol. The number of aromatic nitrogens is 1. The van der Waals surface area contributed by atoms with E-state index in [0.29, 0.717) is 17.2 Å². The van der Waals surface area contributed by atoms with Crippen LogP contribution in [0, 0.1) is 5.82 Å². The lowest BCUT2D eigenvalue weighted by Crippen LogP contribution is -2.44. The number of carbonyl (C=O) groups is 1. The van der Waals surface area contributed by atoms with Crippen molar-refractivity contribution in [3.8, 4) is 0 Å². The zero-order valence-corrected chi connectivity index (χ0v) is 15.3. The number of likely N-dealkylation sites (N-methyl/N-ethyl adjacent to an activating group) is 1. The first-order valence-electron chi connectivity index (χ1n) is 8.55. The van der Waals surface area contributed by atoms with Crippen LogP contribution in [0.2, 0.25) is 0 Å². The Labute approximate surface area is 157 Å². The topological polar surface area (TPSA) is 74.2 Å². The van der Waals surface area contributed by atoms with Gasteiger partial charge in [0, 0.05) is 35.4 Å². The van der Waals surface area contributed by atoms with E-state index in [-0.39, 0.29) is 18.0 Å². The van der Waals surface area contributed by atoms with Crippen LogP contribution in [0.1, 0.15) is 23.2 Å². The van der Waals surface area contributed by atoms with Gasteiger partial charge >= 0.3 is 0 Å². The molecule has 1 saturated heterocycles. The highest BCUT2D eigenvalue weighted by Crippen LogP contribution is 2.38. The van der Waals surface area contributed by atoms with Crippen molar-refractivity contribution in [3.05, 3.63) is 41.7 Å². The first-order chi connectivity index (χ1) is 12.1. The molecule has 26 heavy (non-hydrogen) atoms. The van der Waals surface area contributed by atoms with Gasteiger partial charge in [-0.2, -0.15) is 0 Å². The normalized spacial score (nSPS) is 17.5. The number of benzene rings is 2. The molecule has 0 bridgehead atoms. The zero-order valence-electron chi connectivity index (χ0n) is 14.5. The molecule has 1 atom stereocenters. The zero-order chi connectivity index (χ0) is 17.6. The summed E-state index contributed by atoms with van der Waals surface area (Å²) in [5.74, 6) is -1.03. The van der Waals surface area contributed by atoms with E-state index in [1.54, 1.807) is 0 Å². The number of para-hydroxylation sites is 1. The number of aromatic amines is 1. The van der Waals surface area contributed by atoms with Gasteiger partial charge in [0.1, 0.15) is 5.82 Å². The van der Waals surface area contributed by atoms with Crippen molar-refractivity contribution < 1.29 is 9.18 Å². The number of carbonyl (C=O) groups excluding carboxylic acids is 1. The summed E-state index contributed by atoms with van der Waals surface area (Å²) in [7, 11) is 1.93. The number of anilines is 1. The molecule has 4 rings (SSSR count). The maximum atomic E-state index is 15.1. The van der Waals surface area contributed by atoms with E-state index in [1.165, 1.54) is 6.07 Å². The molecule has 0 radical (unpaired) electrons. The van der Waals surface area contributed by atoms with Gasteiger partial charge in [0.2, 0.25) is 0 Å². The Morgan fingerprint density at radius 2 is 2.15 bits per heavy atom. The predicted octanol–water partition coefficient (Wildman–Crippen LogP) is 3.17. The maximum Gasteiger partial charge on any atom is 0.250 e. The third-order valence-electron chi connectivity index (χ3n) is 5.12. The van der Waals surface area contributed by atoms with Gasteiger partial charge in [0.15, 0.2) is 0 Å². The van der Waals surface area contributed by atoms with Crippen molar-refractivity contribution in [3.63, 3.8) is 0 Å². The molecular formula is C19H22ClFN4O. The Balaban J connectivity index is 0.00000196. The number of halogens is 2. The Kier molecular flexibility index (Phi) is 5.07. The van der Waals surface area contributed by atoms with Crippen molar-refractivity contribution >= 4 is 45.8 Å². The number of nitrogens with two attached hydrogens (primary N) is 1. The molecule has 4 N–H and O–H groups in total. The van der Waals surface area contributed by atoms with E-state index in [1.807, 2.05) is 31.3 Å². The fourth-order valence-electron chi connectivity index (χ4n) is 3.90. The van der Waals surface area contributed by atoms with Crippen LogP contribution in [0.5, 0.6) is 0 Å². The standard InChI is InChI=1S/C19H21FN4O.ClH/c1-22-11-5-4-8-24(10-11)18-14(20)9-13(19(21)25)17-16(18)12-6-2-3-7-15(12)23-17;/h2-3,6-7,9,11,22-23H,4-5,8,10H2,1H3,(H2,21,25);1H/t11-;/m0./s1. The number of rotatable bonds is 3. The molecule has 1 aliphatic rings. The number of primary amides is 1. The smallest absolute Gasteiger partial charge is 0.250 e. The van der Waals surface area contributed by atoms with Gasteiger partial charge in [0.25, 0.3) is 5.91 Å². The molecule has 0 aliphatic carbocycles. The van der Waals surface area contributed by atoms with E-state index >= 15 is 4.39 Å². The molecule has 5 nitrogen and oxygen atoms in total. The van der Waals surface area contributed by atoms with Crippen LogP contribution in [0.3, 0.4) is 0 Å². The van der Waals surface area contributed by atoms with Crippen LogP contribution >= 0.6 is 12.4 Å². The maximum absolute atomic E-state index is 15.1. The lowest BCUT2D eigenvalue weighted by molar-refractivity contribution is 0.100. The van der Waals surface area contributed by atoms with Crippen molar-refractivity contribution in [2.45, 2.75) is 18.9 Å². The van der Waals surface area contributed by atoms with Crippen LogP contribution in [0.4, 0.5) is 10.1 Å². The molecule has 0 unspecified atom stereocenters. The van der Waals surface area contributed by atoms with Gasteiger partial charge in [-0.3, -0.25) is 4.79 Å². The second-order valence-corrected chi connectivity index (χ2v) is 6.61. The van der Waals surface area contributed by atoms with Gasteiger partial charge in [-0.05, 0) is 32.0 Å². The molecule has 2 aromatic carbocycles. The van der Waals surface area contributed by atoms with Gasteiger partial charge in [-0.25, -0.2) is 4.39 Å². The summed E-state index contributed by atoms with van der Waals surface area (Å²) in [6.07, 6.45) is 2.07. The van der Waals surface area contributed by atoms with E-state index in [4.69, 9.17) is 5.73 Å². The summed E-state index contributed by atoms with van der Waals surface area (Å²) >= 11 is 0. The van der Waals surface area contributed by atoms with Gasteiger partial charge in [0.05, 0.1) is 16.8 Å². The molecule has 1 fully saturated rings. The van der Waals surface area contributed by atoms with Crippen LogP contribution < -0.4 is 16.0 Å².